The number of unbranched alkanes of at least 4 members (excludes halogenated alkanes) is 53. The Labute approximate surface area is 632 Å². The van der Waals surface area contributed by atoms with Crippen molar-refractivity contribution in [2.24, 2.45) is 11.8 Å². The molecule has 0 aliphatic rings. The molecule has 0 rings (SSSR count). The molecule has 0 saturated heterocycles. The second kappa shape index (κ2) is 75.5. The first-order chi connectivity index (χ1) is 49.9. The Morgan fingerprint density at radius 1 is 0.262 bits per heavy atom. The molecule has 0 spiro atoms. The zero-order valence-corrected chi connectivity index (χ0v) is 69.4. The Bertz CT molecular complexity index is 1980. The van der Waals surface area contributed by atoms with Crippen LogP contribution >= 0.6 is 15.6 Å². The molecule has 0 aromatic carbocycles. The molecule has 0 saturated carbocycles. The van der Waals surface area contributed by atoms with Gasteiger partial charge in [0.15, 0.2) is 12.2 Å². The van der Waals surface area contributed by atoms with Crippen molar-refractivity contribution in [1.82, 2.24) is 0 Å². The molecule has 0 aliphatic heterocycles. The maximum atomic E-state index is 13.1. The number of phosphoric ester groups is 2. The van der Waals surface area contributed by atoms with Gasteiger partial charge in [0.25, 0.3) is 0 Å². The molecular weight excluding hydrogens is 1340 g/mol. The fraction of sp³-hybridized carbons (Fsp3) is 0.952. The summed E-state index contributed by atoms with van der Waals surface area (Å²) in [5.74, 6) is -0.610. The number of aliphatic hydroxyl groups excluding tert-OH is 1. The van der Waals surface area contributed by atoms with E-state index < -0.39 is 97.5 Å². The van der Waals surface area contributed by atoms with Crippen LogP contribution in [-0.4, -0.2) is 96.7 Å². The molecule has 612 valence electrons. The minimum atomic E-state index is -4.96. The molecule has 0 fully saturated rings. The molecule has 19 heteroatoms. The molecule has 2 unspecified atom stereocenters. The third-order valence-electron chi connectivity index (χ3n) is 19.7. The van der Waals surface area contributed by atoms with Crippen molar-refractivity contribution in [3.8, 4) is 0 Å². The zero-order chi connectivity index (χ0) is 75.6. The number of hydrogen-bond donors (Lipinski definition) is 3. The molecular formula is C84H164O17P2. The first-order valence-electron chi connectivity index (χ1n) is 43.5. The van der Waals surface area contributed by atoms with E-state index in [0.29, 0.717) is 25.7 Å². The quantitative estimate of drug-likeness (QED) is 0.0222. The van der Waals surface area contributed by atoms with Gasteiger partial charge in [-0.2, -0.15) is 0 Å². The van der Waals surface area contributed by atoms with E-state index in [-0.39, 0.29) is 25.7 Å². The van der Waals surface area contributed by atoms with Gasteiger partial charge in [0.1, 0.15) is 19.3 Å². The van der Waals surface area contributed by atoms with Crippen molar-refractivity contribution < 1.29 is 80.2 Å². The van der Waals surface area contributed by atoms with Crippen LogP contribution in [0.25, 0.3) is 0 Å². The second-order valence-electron chi connectivity index (χ2n) is 31.2. The summed E-state index contributed by atoms with van der Waals surface area (Å²) in [7, 11) is -9.92. The second-order valence-corrected chi connectivity index (χ2v) is 34.1. The van der Waals surface area contributed by atoms with Gasteiger partial charge in [0, 0.05) is 25.7 Å². The predicted molar refractivity (Wildman–Crippen MR) is 423 cm³/mol. The van der Waals surface area contributed by atoms with Gasteiger partial charge in [-0.1, -0.05) is 395 Å². The number of hydrogen-bond acceptors (Lipinski definition) is 15. The SMILES string of the molecule is CCCCCCCCCCCCCCCCCCCCCCCC(=O)O[C@H](COC(=O)CCCCCCCCCCCCCCCCCCC)COP(=O)(O)OC[C@@H](O)COP(=O)(O)OC[C@@H](COC(=O)CCCCCCCCCCCC(C)C)OC(=O)CCCCCCCCCCCCC(C)C. The average molecular weight is 1510 g/mol. The Morgan fingerprint density at radius 2 is 0.447 bits per heavy atom. The zero-order valence-electron chi connectivity index (χ0n) is 67.6. The number of aliphatic hydroxyl groups is 1. The topological polar surface area (TPSA) is 237 Å². The van der Waals surface area contributed by atoms with Gasteiger partial charge in [-0.05, 0) is 37.5 Å². The number of carbonyl (C=O) groups excluding carboxylic acids is 4. The molecule has 17 nitrogen and oxygen atoms in total. The summed E-state index contributed by atoms with van der Waals surface area (Å²) in [5, 5.41) is 10.7. The highest BCUT2D eigenvalue weighted by Crippen LogP contribution is 2.45. The Kier molecular flexibility index (Phi) is 74.1. The third-order valence-corrected chi connectivity index (χ3v) is 21.6. The van der Waals surface area contributed by atoms with Crippen LogP contribution < -0.4 is 0 Å². The average Bonchev–Trinajstić information content (AvgIpc) is 0.925. The van der Waals surface area contributed by atoms with Crippen molar-refractivity contribution in [2.75, 3.05) is 39.6 Å². The maximum absolute atomic E-state index is 13.1. The fourth-order valence-electron chi connectivity index (χ4n) is 13.1. The number of carbonyl (C=O) groups is 4. The summed E-state index contributed by atoms with van der Waals surface area (Å²) < 4.78 is 68.8. The lowest BCUT2D eigenvalue weighted by Gasteiger charge is -2.21. The van der Waals surface area contributed by atoms with E-state index in [1.54, 1.807) is 0 Å². The van der Waals surface area contributed by atoms with Crippen LogP contribution in [0.4, 0.5) is 0 Å². The van der Waals surface area contributed by atoms with E-state index in [9.17, 15) is 43.2 Å². The minimum absolute atomic E-state index is 0.106. The summed E-state index contributed by atoms with van der Waals surface area (Å²) in [6, 6.07) is 0. The van der Waals surface area contributed by atoms with Crippen LogP contribution in [0.15, 0.2) is 0 Å². The summed E-state index contributed by atoms with van der Waals surface area (Å²) in [6.45, 7) is 9.62. The highest BCUT2D eigenvalue weighted by atomic mass is 31.2. The van der Waals surface area contributed by atoms with Crippen molar-refractivity contribution in [2.45, 2.75) is 464 Å². The van der Waals surface area contributed by atoms with Crippen molar-refractivity contribution in [3.63, 3.8) is 0 Å². The molecule has 0 aliphatic carbocycles. The molecule has 0 heterocycles. The van der Waals surface area contributed by atoms with E-state index in [4.69, 9.17) is 37.0 Å². The smallest absolute Gasteiger partial charge is 0.462 e. The molecule has 0 aromatic heterocycles. The van der Waals surface area contributed by atoms with Crippen molar-refractivity contribution in [3.05, 3.63) is 0 Å². The van der Waals surface area contributed by atoms with Gasteiger partial charge in [-0.25, -0.2) is 9.13 Å². The van der Waals surface area contributed by atoms with Gasteiger partial charge in [0.05, 0.1) is 26.4 Å². The van der Waals surface area contributed by atoms with Crippen LogP contribution in [0.3, 0.4) is 0 Å². The predicted octanol–water partition coefficient (Wildman–Crippen LogP) is 25.5. The molecule has 5 atom stereocenters. The lowest BCUT2D eigenvalue weighted by atomic mass is 10.0. The maximum Gasteiger partial charge on any atom is 0.472 e. The summed E-state index contributed by atoms with van der Waals surface area (Å²) in [4.78, 5) is 73.1. The number of esters is 4. The Balaban J connectivity index is 5.24. The Morgan fingerprint density at radius 3 is 0.660 bits per heavy atom. The minimum Gasteiger partial charge on any atom is -0.462 e. The van der Waals surface area contributed by atoms with E-state index in [1.807, 2.05) is 0 Å². The Hall–Kier alpha value is -1.94. The number of rotatable bonds is 83. The monoisotopic (exact) mass is 1510 g/mol. The third kappa shape index (κ3) is 78.0. The van der Waals surface area contributed by atoms with Gasteiger partial charge in [0.2, 0.25) is 0 Å². The van der Waals surface area contributed by atoms with Gasteiger partial charge >= 0.3 is 39.5 Å². The molecule has 0 amide bonds. The van der Waals surface area contributed by atoms with E-state index in [0.717, 1.165) is 102 Å². The molecule has 0 radical (unpaired) electrons. The van der Waals surface area contributed by atoms with Crippen molar-refractivity contribution >= 4 is 39.5 Å². The summed E-state index contributed by atoms with van der Waals surface area (Å²) in [6.07, 6.45) is 66.7. The van der Waals surface area contributed by atoms with Gasteiger partial charge in [-0.3, -0.25) is 37.3 Å². The van der Waals surface area contributed by atoms with Crippen LogP contribution in [0.5, 0.6) is 0 Å². The van der Waals surface area contributed by atoms with Crippen LogP contribution in [0.2, 0.25) is 0 Å². The molecule has 0 bridgehead atoms. The largest absolute Gasteiger partial charge is 0.472 e. The summed E-state index contributed by atoms with van der Waals surface area (Å²) >= 11 is 0. The highest BCUT2D eigenvalue weighted by Gasteiger charge is 2.30. The first kappa shape index (κ1) is 101. The lowest BCUT2D eigenvalue weighted by Crippen LogP contribution is -2.30. The normalized spacial score (nSPS) is 13.9. The highest BCUT2D eigenvalue weighted by molar-refractivity contribution is 7.47. The van der Waals surface area contributed by atoms with E-state index >= 15 is 0 Å². The number of phosphoric acid groups is 2. The van der Waals surface area contributed by atoms with E-state index in [2.05, 4.69) is 41.5 Å². The van der Waals surface area contributed by atoms with Crippen LogP contribution in [0, 0.1) is 11.8 Å². The van der Waals surface area contributed by atoms with Crippen molar-refractivity contribution in [1.29, 1.82) is 0 Å². The fourth-order valence-corrected chi connectivity index (χ4v) is 14.6. The van der Waals surface area contributed by atoms with E-state index in [1.165, 1.54) is 263 Å². The lowest BCUT2D eigenvalue weighted by molar-refractivity contribution is -0.161. The number of ether oxygens (including phenoxy) is 4. The van der Waals surface area contributed by atoms with Crippen LogP contribution in [0.1, 0.15) is 446 Å². The molecule has 103 heavy (non-hydrogen) atoms. The molecule has 0 aromatic rings. The van der Waals surface area contributed by atoms with Crippen LogP contribution in [-0.2, 0) is 65.4 Å². The standard InChI is InChI=1S/C84H164O17P2/c1-7-9-11-13-15-17-19-21-23-25-26-27-28-30-32-34-36-43-50-56-62-68-83(88)100-79(72-94-81(86)66-60-54-48-42-35-33-31-29-24-22-20-18-16-14-12-10-8-2)74-98-102(90,91)96-70-78(85)71-97-103(92,93)99-75-80(73-95-82(87)67-61-55-49-45-39-41-47-53-59-65-77(5)6)101-84(89)69-63-57-51-44-38-37-40-46-52-58-64-76(3)4/h76-80,85H,7-75H2,1-6H3,(H,90,91)(H,92,93)/t78-,79-,80-/m1/s1. The summed E-state index contributed by atoms with van der Waals surface area (Å²) in [5.41, 5.74) is 0. The first-order valence-corrected chi connectivity index (χ1v) is 46.5. The molecule has 3 N–H and O–H groups in total. The van der Waals surface area contributed by atoms with Gasteiger partial charge < -0.3 is 33.8 Å². The van der Waals surface area contributed by atoms with Gasteiger partial charge in [-0.15, -0.1) is 0 Å².